The van der Waals surface area contributed by atoms with Crippen molar-refractivity contribution in [3.05, 3.63) is 54.6 Å². The van der Waals surface area contributed by atoms with Gasteiger partial charge in [0.15, 0.2) is 0 Å². The number of benzene rings is 1. The molecule has 3 aliphatic heterocycles. The second-order valence-corrected chi connectivity index (χ2v) is 11.7. The maximum absolute atomic E-state index is 14.5. The summed E-state index contributed by atoms with van der Waals surface area (Å²) in [6.07, 6.45) is 5.66. The van der Waals surface area contributed by atoms with Crippen LogP contribution in [0.25, 0.3) is 0 Å². The Morgan fingerprint density at radius 3 is 2.54 bits per heavy atom. The zero-order valence-corrected chi connectivity index (χ0v) is 23.7. The zero-order chi connectivity index (χ0) is 28.5. The van der Waals surface area contributed by atoms with Crippen LogP contribution in [0.4, 0.5) is 5.69 Å². The van der Waals surface area contributed by atoms with Crippen molar-refractivity contribution in [3.63, 3.8) is 0 Å². The van der Waals surface area contributed by atoms with Gasteiger partial charge in [0.05, 0.1) is 30.8 Å². The molecule has 0 saturated carbocycles. The molecular formula is C30H39ClN2O6. The highest BCUT2D eigenvalue weighted by molar-refractivity contribution is 6.30. The summed E-state index contributed by atoms with van der Waals surface area (Å²) < 4.78 is 12.3. The number of amides is 2. The van der Waals surface area contributed by atoms with Gasteiger partial charge in [-0.2, -0.15) is 0 Å². The first-order chi connectivity index (χ1) is 18.6. The molecule has 0 aliphatic carbocycles. The molecule has 212 valence electrons. The molecule has 0 radical (unpaired) electrons. The number of anilines is 1. The van der Waals surface area contributed by atoms with Crippen LogP contribution in [0, 0.1) is 17.8 Å². The number of nitrogens with zero attached hydrogens (tertiary/aromatic N) is 2. The van der Waals surface area contributed by atoms with Gasteiger partial charge in [0.25, 0.3) is 5.91 Å². The van der Waals surface area contributed by atoms with Crippen LogP contribution in [0.3, 0.4) is 0 Å². The van der Waals surface area contributed by atoms with Gasteiger partial charge in [0.2, 0.25) is 5.91 Å². The Bertz CT molecular complexity index is 1120. The van der Waals surface area contributed by atoms with E-state index in [0.717, 1.165) is 0 Å². The van der Waals surface area contributed by atoms with Crippen molar-refractivity contribution in [2.75, 3.05) is 24.7 Å². The van der Waals surface area contributed by atoms with E-state index in [9.17, 15) is 19.5 Å². The average Bonchev–Trinajstić information content (AvgIpc) is 3.47. The summed E-state index contributed by atoms with van der Waals surface area (Å²) in [4.78, 5) is 45.3. The van der Waals surface area contributed by atoms with E-state index in [4.69, 9.17) is 21.1 Å². The largest absolute Gasteiger partial charge is 0.465 e. The summed E-state index contributed by atoms with van der Waals surface area (Å²) in [7, 11) is 0. The van der Waals surface area contributed by atoms with E-state index in [1.54, 1.807) is 41.3 Å². The first kappa shape index (κ1) is 29.3. The minimum absolute atomic E-state index is 0.148. The topological polar surface area (TPSA) is 96.4 Å². The van der Waals surface area contributed by atoms with Crippen LogP contribution in [-0.4, -0.2) is 70.8 Å². The van der Waals surface area contributed by atoms with Crippen LogP contribution in [0.2, 0.25) is 5.02 Å². The number of allylic oxidation sites excluding steroid dienone is 1. The molecule has 1 spiro atoms. The van der Waals surface area contributed by atoms with E-state index >= 15 is 0 Å². The minimum Gasteiger partial charge on any atom is -0.465 e. The van der Waals surface area contributed by atoms with Crippen molar-refractivity contribution in [1.82, 2.24) is 4.90 Å². The standard InChI is InChI=1S/C30H39ClN2O6/c1-6-8-9-17-38-28(37)24-23-26(35)33(22(18-34)19(3)4)25(30(23)15-14-29(24,5)39-30)27(36)32(16-7-2)21-12-10-20(31)11-13-21/h6-7,10-13,19,22-25,34H,1-2,8-9,14-18H2,3-5H3/t22-,23-,24+,25?,29-,30?/m0/s1. The fourth-order valence-corrected chi connectivity index (χ4v) is 6.81. The molecule has 2 unspecified atom stereocenters. The van der Waals surface area contributed by atoms with E-state index in [2.05, 4.69) is 13.2 Å². The predicted octanol–water partition coefficient (Wildman–Crippen LogP) is 4.15. The van der Waals surface area contributed by atoms with Crippen LogP contribution < -0.4 is 4.90 Å². The number of aliphatic hydroxyl groups excluding tert-OH is 1. The molecule has 3 aliphatic rings. The van der Waals surface area contributed by atoms with Crippen LogP contribution in [-0.2, 0) is 23.9 Å². The van der Waals surface area contributed by atoms with Crippen LogP contribution in [0.15, 0.2) is 49.6 Å². The molecule has 0 aromatic heterocycles. The predicted molar refractivity (Wildman–Crippen MR) is 149 cm³/mol. The van der Waals surface area contributed by atoms with Crippen molar-refractivity contribution < 1.29 is 29.0 Å². The molecule has 1 aromatic rings. The van der Waals surface area contributed by atoms with Gasteiger partial charge in [0, 0.05) is 17.3 Å². The van der Waals surface area contributed by atoms with E-state index < -0.39 is 41.1 Å². The van der Waals surface area contributed by atoms with Gasteiger partial charge in [-0.3, -0.25) is 14.4 Å². The van der Waals surface area contributed by atoms with Crippen LogP contribution >= 0.6 is 11.6 Å². The molecule has 3 fully saturated rings. The Balaban J connectivity index is 1.79. The lowest BCUT2D eigenvalue weighted by Crippen LogP contribution is -2.60. The molecule has 9 heteroatoms. The van der Waals surface area contributed by atoms with Crippen molar-refractivity contribution >= 4 is 35.1 Å². The van der Waals surface area contributed by atoms with Gasteiger partial charge in [-0.15, -0.1) is 13.2 Å². The Hall–Kier alpha value is -2.68. The average molecular weight is 559 g/mol. The molecule has 1 N–H and O–H groups in total. The third kappa shape index (κ3) is 4.92. The molecule has 1 aromatic carbocycles. The molecule has 2 bridgehead atoms. The Morgan fingerprint density at radius 1 is 1.26 bits per heavy atom. The Labute approximate surface area is 235 Å². The third-order valence-electron chi connectivity index (χ3n) is 8.53. The molecule has 4 rings (SSSR count). The number of ether oxygens (including phenoxy) is 2. The number of hydrogen-bond acceptors (Lipinski definition) is 6. The first-order valence-electron chi connectivity index (χ1n) is 13.6. The summed E-state index contributed by atoms with van der Waals surface area (Å²) in [5, 5.41) is 10.9. The number of carbonyl (C=O) groups excluding carboxylic acids is 3. The zero-order valence-electron chi connectivity index (χ0n) is 23.0. The molecule has 8 nitrogen and oxygen atoms in total. The van der Waals surface area contributed by atoms with E-state index in [0.29, 0.717) is 36.4 Å². The molecule has 39 heavy (non-hydrogen) atoms. The third-order valence-corrected chi connectivity index (χ3v) is 8.78. The van der Waals surface area contributed by atoms with Crippen molar-refractivity contribution in [2.45, 2.75) is 69.7 Å². The number of fused-ring (bicyclic) bond motifs is 1. The Morgan fingerprint density at radius 2 is 1.95 bits per heavy atom. The molecule has 6 atom stereocenters. The quantitative estimate of drug-likeness (QED) is 0.235. The summed E-state index contributed by atoms with van der Waals surface area (Å²) in [6, 6.07) is 5.20. The summed E-state index contributed by atoms with van der Waals surface area (Å²) >= 11 is 6.10. The maximum Gasteiger partial charge on any atom is 0.312 e. The number of hydrogen-bond donors (Lipinski definition) is 1. The lowest BCUT2D eigenvalue weighted by atomic mass is 9.66. The summed E-state index contributed by atoms with van der Waals surface area (Å²) in [6.45, 7) is 13.2. The number of esters is 1. The summed E-state index contributed by atoms with van der Waals surface area (Å²) in [5.74, 6) is -3.08. The summed E-state index contributed by atoms with van der Waals surface area (Å²) in [5.41, 5.74) is -1.56. The molecule has 3 saturated heterocycles. The second-order valence-electron chi connectivity index (χ2n) is 11.3. The van der Waals surface area contributed by atoms with Gasteiger partial charge < -0.3 is 24.4 Å². The van der Waals surface area contributed by atoms with Gasteiger partial charge in [0.1, 0.15) is 17.6 Å². The molecular weight excluding hydrogens is 520 g/mol. The van der Waals surface area contributed by atoms with Crippen molar-refractivity contribution in [3.8, 4) is 0 Å². The van der Waals surface area contributed by atoms with Gasteiger partial charge in [-0.05, 0) is 62.8 Å². The van der Waals surface area contributed by atoms with Gasteiger partial charge in [-0.25, -0.2) is 0 Å². The highest BCUT2D eigenvalue weighted by Gasteiger charge is 2.79. The lowest BCUT2D eigenvalue weighted by molar-refractivity contribution is -0.161. The van der Waals surface area contributed by atoms with Gasteiger partial charge >= 0.3 is 5.97 Å². The number of unbranched alkanes of at least 4 members (excludes halogenated alkanes) is 1. The van der Waals surface area contributed by atoms with E-state index in [-0.39, 0.29) is 37.5 Å². The monoisotopic (exact) mass is 558 g/mol. The molecule has 3 heterocycles. The van der Waals surface area contributed by atoms with Crippen molar-refractivity contribution in [2.24, 2.45) is 17.8 Å². The van der Waals surface area contributed by atoms with Gasteiger partial charge in [-0.1, -0.05) is 37.6 Å². The first-order valence-corrected chi connectivity index (χ1v) is 14.0. The maximum atomic E-state index is 14.5. The smallest absolute Gasteiger partial charge is 0.312 e. The SMILES string of the molecule is C=CCCCOC(=O)[C@H]1[C@H]2C(=O)N([C@@H](CO)C(C)C)C(C(=O)N(CC=C)c3ccc(Cl)cc3)C23CC[C@]1(C)O3. The lowest BCUT2D eigenvalue weighted by Gasteiger charge is -2.40. The Kier molecular flexibility index (Phi) is 8.59. The number of carbonyl (C=O) groups is 3. The van der Waals surface area contributed by atoms with E-state index in [1.807, 2.05) is 20.8 Å². The fraction of sp³-hybridized carbons (Fsp3) is 0.567. The number of aliphatic hydroxyl groups is 1. The van der Waals surface area contributed by atoms with Crippen LogP contribution in [0.5, 0.6) is 0 Å². The number of rotatable bonds is 12. The van der Waals surface area contributed by atoms with Crippen LogP contribution in [0.1, 0.15) is 46.5 Å². The molecule has 2 amide bonds. The minimum atomic E-state index is -1.22. The number of halogens is 1. The number of likely N-dealkylation sites (tertiary alicyclic amines) is 1. The fourth-order valence-electron chi connectivity index (χ4n) is 6.69. The highest BCUT2D eigenvalue weighted by atomic mass is 35.5. The second kappa shape index (κ2) is 11.4. The van der Waals surface area contributed by atoms with Crippen molar-refractivity contribution in [1.29, 1.82) is 0 Å². The normalized spacial score (nSPS) is 29.8. The highest BCUT2D eigenvalue weighted by Crippen LogP contribution is 2.64. The van der Waals surface area contributed by atoms with E-state index in [1.165, 1.54) is 4.90 Å².